The van der Waals surface area contributed by atoms with Gasteiger partial charge in [-0.3, -0.25) is 9.69 Å². The first-order valence-corrected chi connectivity index (χ1v) is 7.14. The molecule has 1 heterocycles. The highest BCUT2D eigenvalue weighted by molar-refractivity contribution is 6.00. The Kier molecular flexibility index (Phi) is 4.58. The van der Waals surface area contributed by atoms with Crippen LogP contribution >= 0.6 is 0 Å². The maximum absolute atomic E-state index is 12.6. The van der Waals surface area contributed by atoms with Crippen molar-refractivity contribution in [2.24, 2.45) is 7.05 Å². The quantitative estimate of drug-likeness (QED) is 0.793. The molecule has 0 saturated carbocycles. The van der Waals surface area contributed by atoms with Crippen LogP contribution in [-0.2, 0) is 13.6 Å². The van der Waals surface area contributed by atoms with Gasteiger partial charge in [0.1, 0.15) is 5.82 Å². The second kappa shape index (κ2) is 6.22. The molecular weight excluding hydrogens is 262 g/mol. The number of benzene rings is 1. The number of hydrogen-bond acceptors (Lipinski definition) is 3. The lowest BCUT2D eigenvalue weighted by Crippen LogP contribution is -2.27. The van der Waals surface area contributed by atoms with E-state index in [-0.39, 0.29) is 5.78 Å². The lowest BCUT2D eigenvalue weighted by Gasteiger charge is -2.17. The third kappa shape index (κ3) is 3.58. The lowest BCUT2D eigenvalue weighted by atomic mass is 9.96. The highest BCUT2D eigenvalue weighted by Crippen LogP contribution is 2.17. The van der Waals surface area contributed by atoms with Crippen molar-refractivity contribution in [3.63, 3.8) is 0 Å². The van der Waals surface area contributed by atoms with Gasteiger partial charge in [-0.1, -0.05) is 17.7 Å². The maximum Gasteiger partial charge on any atom is 0.177 e. The van der Waals surface area contributed by atoms with Crippen LogP contribution in [0.15, 0.2) is 24.5 Å². The van der Waals surface area contributed by atoms with E-state index in [1.807, 2.05) is 43.6 Å². The van der Waals surface area contributed by atoms with Crippen molar-refractivity contribution >= 4 is 5.78 Å². The number of aromatic nitrogens is 2. The summed E-state index contributed by atoms with van der Waals surface area (Å²) >= 11 is 0. The largest absolute Gasteiger partial charge is 0.337 e. The van der Waals surface area contributed by atoms with Crippen molar-refractivity contribution in [2.75, 3.05) is 13.6 Å². The number of Topliss-reactive ketones (excluding diaryl/α,β-unsaturated/α-hetero) is 1. The molecule has 0 saturated heterocycles. The standard InChI is InChI=1S/C17H23N3O/c1-12-8-13(2)17(14(3)9-12)15(21)10-19(4)11-16-18-6-7-20(16)5/h6-9H,10-11H2,1-5H3. The number of carbonyl (C=O) groups is 1. The Labute approximate surface area is 126 Å². The van der Waals surface area contributed by atoms with Crippen molar-refractivity contribution in [3.8, 4) is 0 Å². The molecule has 0 aliphatic heterocycles. The Bertz CT molecular complexity index is 635. The molecule has 0 atom stereocenters. The lowest BCUT2D eigenvalue weighted by molar-refractivity contribution is 0.0940. The van der Waals surface area contributed by atoms with Gasteiger partial charge in [0.15, 0.2) is 5.78 Å². The van der Waals surface area contributed by atoms with Gasteiger partial charge in [-0.25, -0.2) is 4.98 Å². The molecule has 21 heavy (non-hydrogen) atoms. The number of likely N-dealkylation sites (N-methyl/N-ethyl adjacent to an activating group) is 1. The molecule has 0 radical (unpaired) electrons. The van der Waals surface area contributed by atoms with Gasteiger partial charge in [0.05, 0.1) is 13.1 Å². The fourth-order valence-corrected chi connectivity index (χ4v) is 2.79. The molecule has 0 fully saturated rings. The third-order valence-corrected chi connectivity index (χ3v) is 3.70. The molecule has 0 N–H and O–H groups in total. The third-order valence-electron chi connectivity index (χ3n) is 3.70. The van der Waals surface area contributed by atoms with E-state index in [0.717, 1.165) is 22.5 Å². The van der Waals surface area contributed by atoms with Crippen LogP contribution in [0.1, 0.15) is 32.9 Å². The van der Waals surface area contributed by atoms with E-state index in [9.17, 15) is 4.79 Å². The van der Waals surface area contributed by atoms with Crippen LogP contribution < -0.4 is 0 Å². The second-order valence-electron chi connectivity index (χ2n) is 5.82. The SMILES string of the molecule is Cc1cc(C)c(C(=O)CN(C)Cc2nccn2C)c(C)c1. The summed E-state index contributed by atoms with van der Waals surface area (Å²) in [4.78, 5) is 18.8. The zero-order chi connectivity index (χ0) is 15.6. The fraction of sp³-hybridized carbons (Fsp3) is 0.412. The van der Waals surface area contributed by atoms with E-state index in [4.69, 9.17) is 0 Å². The van der Waals surface area contributed by atoms with Gasteiger partial charge in [0.25, 0.3) is 0 Å². The molecule has 112 valence electrons. The first-order chi connectivity index (χ1) is 9.88. The number of rotatable bonds is 5. The van der Waals surface area contributed by atoms with Gasteiger partial charge >= 0.3 is 0 Å². The van der Waals surface area contributed by atoms with Gasteiger partial charge in [0, 0.05) is 25.0 Å². The summed E-state index contributed by atoms with van der Waals surface area (Å²) in [6, 6.07) is 4.14. The predicted molar refractivity (Wildman–Crippen MR) is 84.5 cm³/mol. The molecule has 2 rings (SSSR count). The molecule has 0 aliphatic carbocycles. The summed E-state index contributed by atoms with van der Waals surface area (Å²) in [5.41, 5.74) is 4.17. The van der Waals surface area contributed by atoms with Crippen molar-refractivity contribution in [1.29, 1.82) is 0 Å². The molecule has 0 amide bonds. The van der Waals surface area contributed by atoms with Gasteiger partial charge in [0.2, 0.25) is 0 Å². The summed E-state index contributed by atoms with van der Waals surface area (Å²) in [7, 11) is 3.91. The van der Waals surface area contributed by atoms with Crippen LogP contribution in [-0.4, -0.2) is 33.8 Å². The van der Waals surface area contributed by atoms with Crippen molar-refractivity contribution < 1.29 is 4.79 Å². The summed E-state index contributed by atoms with van der Waals surface area (Å²) in [5.74, 6) is 1.13. The molecule has 1 aromatic heterocycles. The minimum atomic E-state index is 0.168. The number of carbonyl (C=O) groups excluding carboxylic acids is 1. The Morgan fingerprint density at radius 3 is 2.38 bits per heavy atom. The van der Waals surface area contributed by atoms with Gasteiger partial charge in [-0.15, -0.1) is 0 Å². The molecule has 4 nitrogen and oxygen atoms in total. The monoisotopic (exact) mass is 285 g/mol. The van der Waals surface area contributed by atoms with Crippen molar-refractivity contribution in [2.45, 2.75) is 27.3 Å². The van der Waals surface area contributed by atoms with Crippen LogP contribution in [0, 0.1) is 20.8 Å². The van der Waals surface area contributed by atoms with Gasteiger partial charge in [-0.05, 0) is 38.9 Å². The van der Waals surface area contributed by atoms with E-state index in [0.29, 0.717) is 13.1 Å². The van der Waals surface area contributed by atoms with Crippen molar-refractivity contribution in [1.82, 2.24) is 14.5 Å². The summed E-state index contributed by atoms with van der Waals surface area (Å²) in [6.45, 7) is 7.14. The smallest absolute Gasteiger partial charge is 0.177 e. The van der Waals surface area contributed by atoms with Crippen LogP contribution in [0.3, 0.4) is 0 Å². The fourth-order valence-electron chi connectivity index (χ4n) is 2.79. The molecule has 0 aliphatic rings. The summed E-state index contributed by atoms with van der Waals surface area (Å²) in [5, 5.41) is 0. The summed E-state index contributed by atoms with van der Waals surface area (Å²) < 4.78 is 1.98. The average molecular weight is 285 g/mol. The summed E-state index contributed by atoms with van der Waals surface area (Å²) in [6.07, 6.45) is 3.69. The number of aryl methyl sites for hydroxylation is 4. The predicted octanol–water partition coefficient (Wildman–Crippen LogP) is 2.66. The minimum absolute atomic E-state index is 0.168. The Hall–Kier alpha value is -1.94. The number of nitrogens with zero attached hydrogens (tertiary/aromatic N) is 3. The van der Waals surface area contributed by atoms with Gasteiger partial charge < -0.3 is 4.57 Å². The van der Waals surface area contributed by atoms with Gasteiger partial charge in [-0.2, -0.15) is 0 Å². The molecule has 0 spiro atoms. The maximum atomic E-state index is 12.6. The van der Waals surface area contributed by atoms with E-state index < -0.39 is 0 Å². The van der Waals surface area contributed by atoms with E-state index in [2.05, 4.69) is 24.0 Å². The first-order valence-electron chi connectivity index (χ1n) is 7.14. The van der Waals surface area contributed by atoms with Crippen LogP contribution in [0.25, 0.3) is 0 Å². The molecule has 0 bridgehead atoms. The average Bonchev–Trinajstić information content (AvgIpc) is 2.73. The number of hydrogen-bond donors (Lipinski definition) is 0. The first kappa shape index (κ1) is 15.4. The second-order valence-corrected chi connectivity index (χ2v) is 5.82. The number of imidazole rings is 1. The molecule has 1 aromatic carbocycles. The molecule has 4 heteroatoms. The number of ketones is 1. The highest BCUT2D eigenvalue weighted by atomic mass is 16.1. The van der Waals surface area contributed by atoms with Crippen molar-refractivity contribution in [3.05, 3.63) is 52.6 Å². The van der Waals surface area contributed by atoms with Crippen LogP contribution in [0.2, 0.25) is 0 Å². The zero-order valence-corrected chi connectivity index (χ0v) is 13.5. The van der Waals surface area contributed by atoms with E-state index in [1.54, 1.807) is 6.20 Å². The van der Waals surface area contributed by atoms with Crippen LogP contribution in [0.4, 0.5) is 0 Å². The van der Waals surface area contributed by atoms with E-state index in [1.165, 1.54) is 5.56 Å². The van der Waals surface area contributed by atoms with Crippen LogP contribution in [0.5, 0.6) is 0 Å². The Morgan fingerprint density at radius 2 is 1.86 bits per heavy atom. The topological polar surface area (TPSA) is 38.1 Å². The Balaban J connectivity index is 2.10. The molecule has 0 unspecified atom stereocenters. The molecule has 2 aromatic rings. The molecular formula is C17H23N3O. The minimum Gasteiger partial charge on any atom is -0.337 e. The Morgan fingerprint density at radius 1 is 1.24 bits per heavy atom. The highest BCUT2D eigenvalue weighted by Gasteiger charge is 2.15. The normalized spacial score (nSPS) is 11.1. The van der Waals surface area contributed by atoms with E-state index >= 15 is 0 Å². The zero-order valence-electron chi connectivity index (χ0n) is 13.5.